The molecule has 40 heavy (non-hydrogen) atoms. The van der Waals surface area contributed by atoms with E-state index in [-0.39, 0.29) is 30.4 Å². The molecular formula is C34H31FN2O3. The van der Waals surface area contributed by atoms with Crippen LogP contribution >= 0.6 is 0 Å². The van der Waals surface area contributed by atoms with E-state index < -0.39 is 17.5 Å². The summed E-state index contributed by atoms with van der Waals surface area (Å²) in [6, 6.07) is 36.5. The molecule has 5 rings (SSSR count). The number of aromatic amines is 1. The molecule has 0 unspecified atom stereocenters. The topological polar surface area (TPSA) is 77.3 Å². The number of esters is 1. The molecule has 0 spiro atoms. The zero-order valence-corrected chi connectivity index (χ0v) is 22.2. The van der Waals surface area contributed by atoms with Crippen molar-refractivity contribution in [2.45, 2.75) is 18.4 Å². The van der Waals surface area contributed by atoms with E-state index in [1.165, 1.54) is 6.07 Å². The standard InChI is InChI=1S/C34H31FN2O3/c1-2-39-33(38)32-31(36)28(22-37-32)29(27-20-12-13-21-30(27)35)23-40-34(24-14-6-3-7-15-24,25-16-8-4-9-17-25)26-18-10-5-11-19-26/h3-22,29,37H,2,23,36H2,1H3/t29-/m1/s1. The zero-order valence-electron chi connectivity index (χ0n) is 22.2. The second kappa shape index (κ2) is 12.0. The molecule has 0 aliphatic rings. The Morgan fingerprint density at radius 1 is 0.800 bits per heavy atom. The van der Waals surface area contributed by atoms with Gasteiger partial charge in [-0.1, -0.05) is 109 Å². The highest BCUT2D eigenvalue weighted by atomic mass is 19.1. The SMILES string of the molecule is CCOC(=O)c1[nH]cc([C@H](COC(c2ccccc2)(c2ccccc2)c2ccccc2)c2ccccc2F)c1N. The minimum Gasteiger partial charge on any atom is -0.461 e. The lowest BCUT2D eigenvalue weighted by Crippen LogP contribution is -2.34. The minimum absolute atomic E-state index is 0.0595. The smallest absolute Gasteiger partial charge is 0.356 e. The molecule has 0 saturated heterocycles. The fourth-order valence-electron chi connectivity index (χ4n) is 5.19. The van der Waals surface area contributed by atoms with Crippen LogP contribution in [0.15, 0.2) is 121 Å². The van der Waals surface area contributed by atoms with Crippen LogP contribution in [0.3, 0.4) is 0 Å². The highest BCUT2D eigenvalue weighted by Gasteiger charge is 2.39. The number of halogens is 1. The Balaban J connectivity index is 1.66. The van der Waals surface area contributed by atoms with Gasteiger partial charge in [0.25, 0.3) is 0 Å². The molecule has 0 aliphatic heterocycles. The molecule has 0 bridgehead atoms. The molecule has 1 aromatic heterocycles. The van der Waals surface area contributed by atoms with Gasteiger partial charge in [0.15, 0.2) is 0 Å². The van der Waals surface area contributed by atoms with Gasteiger partial charge in [-0.2, -0.15) is 0 Å². The van der Waals surface area contributed by atoms with Gasteiger partial charge in [0.05, 0.1) is 18.9 Å². The monoisotopic (exact) mass is 534 g/mol. The van der Waals surface area contributed by atoms with Crippen molar-refractivity contribution in [2.24, 2.45) is 0 Å². The van der Waals surface area contributed by atoms with Crippen molar-refractivity contribution < 1.29 is 18.7 Å². The minimum atomic E-state index is -1.01. The Bertz CT molecular complexity index is 1460. The van der Waals surface area contributed by atoms with Crippen molar-refractivity contribution in [1.82, 2.24) is 4.98 Å². The number of aromatic nitrogens is 1. The van der Waals surface area contributed by atoms with Crippen molar-refractivity contribution in [2.75, 3.05) is 18.9 Å². The number of hydrogen-bond acceptors (Lipinski definition) is 4. The van der Waals surface area contributed by atoms with Gasteiger partial charge in [0.1, 0.15) is 17.1 Å². The third-order valence-electron chi connectivity index (χ3n) is 7.10. The van der Waals surface area contributed by atoms with E-state index in [1.54, 1.807) is 31.3 Å². The van der Waals surface area contributed by atoms with E-state index in [4.69, 9.17) is 15.2 Å². The van der Waals surface area contributed by atoms with Crippen LogP contribution in [-0.2, 0) is 15.1 Å². The molecule has 5 nitrogen and oxygen atoms in total. The van der Waals surface area contributed by atoms with E-state index in [0.717, 1.165) is 16.7 Å². The molecule has 6 heteroatoms. The van der Waals surface area contributed by atoms with Crippen LogP contribution in [0.5, 0.6) is 0 Å². The van der Waals surface area contributed by atoms with Crippen LogP contribution in [0, 0.1) is 5.82 Å². The summed E-state index contributed by atoms with van der Waals surface area (Å²) < 4.78 is 27.5. The lowest BCUT2D eigenvalue weighted by Gasteiger charge is -2.37. The van der Waals surface area contributed by atoms with Crippen molar-refractivity contribution in [3.63, 3.8) is 0 Å². The normalized spacial score (nSPS) is 12.2. The van der Waals surface area contributed by atoms with Gasteiger partial charge < -0.3 is 20.2 Å². The van der Waals surface area contributed by atoms with E-state index >= 15 is 4.39 Å². The number of nitrogens with two attached hydrogens (primary N) is 1. The lowest BCUT2D eigenvalue weighted by atomic mass is 9.79. The molecule has 3 N–H and O–H groups in total. The summed E-state index contributed by atoms with van der Waals surface area (Å²) in [6.45, 7) is 1.99. The molecule has 0 radical (unpaired) electrons. The molecular weight excluding hydrogens is 503 g/mol. The van der Waals surface area contributed by atoms with Crippen LogP contribution < -0.4 is 5.73 Å². The fourth-order valence-corrected chi connectivity index (χ4v) is 5.19. The summed E-state index contributed by atoms with van der Waals surface area (Å²) in [5.41, 5.74) is 9.56. The molecule has 1 heterocycles. The first-order valence-electron chi connectivity index (χ1n) is 13.2. The summed E-state index contributed by atoms with van der Waals surface area (Å²) in [7, 11) is 0. The quantitative estimate of drug-likeness (QED) is 0.149. The summed E-state index contributed by atoms with van der Waals surface area (Å²) in [6.07, 6.45) is 1.64. The number of nitrogen functional groups attached to an aromatic ring is 1. The number of ether oxygens (including phenoxy) is 2. The molecule has 0 fully saturated rings. The Morgan fingerprint density at radius 2 is 1.30 bits per heavy atom. The summed E-state index contributed by atoms with van der Waals surface area (Å²) in [4.78, 5) is 15.5. The van der Waals surface area contributed by atoms with Crippen molar-refractivity contribution in [3.8, 4) is 0 Å². The average molecular weight is 535 g/mol. The molecule has 0 saturated carbocycles. The van der Waals surface area contributed by atoms with Gasteiger partial charge in [0.2, 0.25) is 0 Å². The summed E-state index contributed by atoms with van der Waals surface area (Å²) in [5.74, 6) is -1.58. The fraction of sp³-hybridized carbons (Fsp3) is 0.147. The largest absolute Gasteiger partial charge is 0.461 e. The Kier molecular flexibility index (Phi) is 8.08. The predicted molar refractivity (Wildman–Crippen MR) is 155 cm³/mol. The first-order chi connectivity index (χ1) is 19.6. The molecule has 0 amide bonds. The maximum atomic E-state index is 15.3. The van der Waals surface area contributed by atoms with E-state index in [1.807, 2.05) is 91.0 Å². The second-order valence-electron chi connectivity index (χ2n) is 9.42. The van der Waals surface area contributed by atoms with Gasteiger partial charge in [-0.15, -0.1) is 0 Å². The van der Waals surface area contributed by atoms with Gasteiger partial charge in [-0.3, -0.25) is 0 Å². The van der Waals surface area contributed by atoms with Crippen LogP contribution in [0.1, 0.15) is 51.1 Å². The number of rotatable bonds is 10. The molecule has 0 aliphatic carbocycles. The predicted octanol–water partition coefficient (Wildman–Crippen LogP) is 7.05. The molecule has 4 aromatic carbocycles. The second-order valence-corrected chi connectivity index (χ2v) is 9.42. The number of anilines is 1. The maximum absolute atomic E-state index is 15.3. The van der Waals surface area contributed by atoms with Crippen LogP contribution in [0.25, 0.3) is 0 Å². The Hall–Kier alpha value is -4.68. The number of carbonyl (C=O) groups excluding carboxylic acids is 1. The van der Waals surface area contributed by atoms with E-state index in [2.05, 4.69) is 4.98 Å². The number of hydrogen-bond donors (Lipinski definition) is 2. The van der Waals surface area contributed by atoms with Crippen molar-refractivity contribution in [1.29, 1.82) is 0 Å². The number of nitrogens with one attached hydrogen (secondary N) is 1. The number of H-pyrrole nitrogens is 1. The van der Waals surface area contributed by atoms with Crippen molar-refractivity contribution >= 4 is 11.7 Å². The van der Waals surface area contributed by atoms with Gasteiger partial charge >= 0.3 is 5.97 Å². The summed E-state index contributed by atoms with van der Waals surface area (Å²) in [5, 5.41) is 0. The Labute approximate surface area is 233 Å². The van der Waals surface area contributed by atoms with E-state index in [0.29, 0.717) is 11.1 Å². The summed E-state index contributed by atoms with van der Waals surface area (Å²) >= 11 is 0. The van der Waals surface area contributed by atoms with Gasteiger partial charge in [-0.25, -0.2) is 9.18 Å². The van der Waals surface area contributed by atoms with Crippen LogP contribution in [0.2, 0.25) is 0 Å². The Morgan fingerprint density at radius 3 is 1.80 bits per heavy atom. The van der Waals surface area contributed by atoms with Crippen LogP contribution in [-0.4, -0.2) is 24.2 Å². The van der Waals surface area contributed by atoms with E-state index in [9.17, 15) is 4.79 Å². The molecule has 202 valence electrons. The third kappa shape index (κ3) is 5.14. The maximum Gasteiger partial charge on any atom is 0.356 e. The van der Waals surface area contributed by atoms with Crippen LogP contribution in [0.4, 0.5) is 10.1 Å². The zero-order chi connectivity index (χ0) is 28.0. The van der Waals surface area contributed by atoms with Gasteiger partial charge in [0, 0.05) is 17.7 Å². The average Bonchev–Trinajstić information content (AvgIpc) is 3.38. The molecule has 5 aromatic rings. The molecule has 1 atom stereocenters. The lowest BCUT2D eigenvalue weighted by molar-refractivity contribution is 0.00831. The third-order valence-corrected chi connectivity index (χ3v) is 7.10. The number of benzene rings is 4. The first kappa shape index (κ1) is 26.9. The van der Waals surface area contributed by atoms with Crippen molar-refractivity contribution in [3.05, 3.63) is 161 Å². The van der Waals surface area contributed by atoms with Gasteiger partial charge in [-0.05, 0) is 35.2 Å². The number of carbonyl (C=O) groups is 1. The highest BCUT2D eigenvalue weighted by Crippen LogP contribution is 2.43. The highest BCUT2D eigenvalue weighted by molar-refractivity contribution is 5.94. The first-order valence-corrected chi connectivity index (χ1v) is 13.2.